The van der Waals surface area contributed by atoms with Crippen LogP contribution in [0.3, 0.4) is 0 Å². The summed E-state index contributed by atoms with van der Waals surface area (Å²) in [6, 6.07) is 9.64. The Kier molecular flexibility index (Phi) is 10.4. The second-order valence-corrected chi connectivity index (χ2v) is 11.5. The van der Waals surface area contributed by atoms with Crippen LogP contribution in [0.25, 0.3) is 0 Å². The predicted octanol–water partition coefficient (Wildman–Crippen LogP) is 4.84. The maximum absolute atomic E-state index is 12.9. The Bertz CT molecular complexity index is 1110. The third kappa shape index (κ3) is 7.45. The lowest BCUT2D eigenvalue weighted by molar-refractivity contribution is -0.133. The highest BCUT2D eigenvalue weighted by Gasteiger charge is 2.28. The fourth-order valence-electron chi connectivity index (χ4n) is 4.94. The lowest BCUT2D eigenvalue weighted by Gasteiger charge is -2.40. The molecule has 0 bridgehead atoms. The number of aromatic nitrogens is 2. The molecule has 38 heavy (non-hydrogen) atoms. The third-order valence-electron chi connectivity index (χ3n) is 7.08. The highest BCUT2D eigenvalue weighted by molar-refractivity contribution is 7.99. The molecule has 0 aliphatic carbocycles. The van der Waals surface area contributed by atoms with E-state index < -0.39 is 0 Å². The Morgan fingerprint density at radius 1 is 0.974 bits per heavy atom. The summed E-state index contributed by atoms with van der Waals surface area (Å²) in [7, 11) is 0. The van der Waals surface area contributed by atoms with Crippen molar-refractivity contribution in [3.8, 4) is 0 Å². The van der Waals surface area contributed by atoms with Crippen LogP contribution in [0.4, 0.5) is 11.5 Å². The molecule has 1 aromatic heterocycles. The van der Waals surface area contributed by atoms with Crippen molar-refractivity contribution >= 4 is 58.3 Å². The first-order valence-corrected chi connectivity index (χ1v) is 15.1. The zero-order chi connectivity index (χ0) is 27.1. The number of rotatable bonds is 9. The van der Waals surface area contributed by atoms with Gasteiger partial charge in [-0.25, -0.2) is 9.97 Å². The molecule has 0 saturated carbocycles. The van der Waals surface area contributed by atoms with E-state index in [1.165, 1.54) is 11.8 Å². The Morgan fingerprint density at radius 3 is 2.42 bits per heavy atom. The van der Waals surface area contributed by atoms with Crippen LogP contribution in [0.15, 0.2) is 35.5 Å². The van der Waals surface area contributed by atoms with Gasteiger partial charge < -0.3 is 19.6 Å². The van der Waals surface area contributed by atoms with Crippen molar-refractivity contribution in [2.24, 2.45) is 0 Å². The summed E-state index contributed by atoms with van der Waals surface area (Å²) in [4.78, 5) is 42.8. The summed E-state index contributed by atoms with van der Waals surface area (Å²) >= 11 is 14.0. The van der Waals surface area contributed by atoms with Gasteiger partial charge in [-0.1, -0.05) is 66.9 Å². The van der Waals surface area contributed by atoms with Crippen LogP contribution in [0.5, 0.6) is 0 Å². The van der Waals surface area contributed by atoms with Crippen molar-refractivity contribution in [1.29, 1.82) is 0 Å². The number of unbranched alkanes of at least 4 members (excludes halogenated alkanes) is 2. The van der Waals surface area contributed by atoms with Gasteiger partial charge in [-0.15, -0.1) is 0 Å². The quantitative estimate of drug-likeness (QED) is 0.182. The van der Waals surface area contributed by atoms with E-state index in [-0.39, 0.29) is 23.6 Å². The number of hydrogen-bond acceptors (Lipinski definition) is 7. The highest BCUT2D eigenvalue weighted by Crippen LogP contribution is 2.27. The number of carbonyl (C=O) groups is 2. The van der Waals surface area contributed by atoms with Gasteiger partial charge >= 0.3 is 0 Å². The first kappa shape index (κ1) is 28.8. The molecule has 1 atom stereocenters. The molecule has 3 heterocycles. The molecule has 4 rings (SSSR count). The lowest BCUT2D eigenvalue weighted by Crippen LogP contribution is -2.54. The minimum Gasteiger partial charge on any atom is -0.367 e. The maximum atomic E-state index is 12.9. The van der Waals surface area contributed by atoms with Gasteiger partial charge in [-0.3, -0.25) is 9.59 Å². The fraction of sp³-hybridized carbons (Fsp3) is 0.556. The number of halogens is 2. The van der Waals surface area contributed by atoms with Crippen LogP contribution in [0, 0.1) is 0 Å². The van der Waals surface area contributed by atoms with Gasteiger partial charge in [0.1, 0.15) is 11.0 Å². The number of para-hydroxylation sites is 1. The second-order valence-electron chi connectivity index (χ2n) is 9.78. The molecule has 0 radical (unpaired) electrons. The second kappa shape index (κ2) is 13.7. The molecule has 0 spiro atoms. The van der Waals surface area contributed by atoms with Gasteiger partial charge in [0.15, 0.2) is 5.16 Å². The summed E-state index contributed by atoms with van der Waals surface area (Å²) in [5, 5.41) is 1.57. The lowest BCUT2D eigenvalue weighted by atomic mass is 10.1. The molecule has 1 aromatic carbocycles. The average molecular weight is 580 g/mol. The Hall–Kier alpha value is -2.23. The normalized spacial score (nSPS) is 18.2. The van der Waals surface area contributed by atoms with E-state index >= 15 is 0 Å². The zero-order valence-corrected chi connectivity index (χ0v) is 24.4. The van der Waals surface area contributed by atoms with E-state index in [2.05, 4.69) is 28.6 Å². The summed E-state index contributed by atoms with van der Waals surface area (Å²) in [5.41, 5.74) is 1.01. The number of piperazine rings is 2. The van der Waals surface area contributed by atoms with E-state index in [0.717, 1.165) is 48.9 Å². The summed E-state index contributed by atoms with van der Waals surface area (Å²) in [5.74, 6) is 1.28. The van der Waals surface area contributed by atoms with E-state index in [1.54, 1.807) is 6.07 Å². The Labute approximate surface area is 239 Å². The number of nitrogens with zero attached hydrogens (tertiary/aromatic N) is 6. The van der Waals surface area contributed by atoms with E-state index in [1.807, 2.05) is 34.1 Å². The first-order chi connectivity index (χ1) is 18.4. The van der Waals surface area contributed by atoms with Crippen LogP contribution in [0.2, 0.25) is 10.2 Å². The van der Waals surface area contributed by atoms with Crippen LogP contribution < -0.4 is 9.80 Å². The van der Waals surface area contributed by atoms with Gasteiger partial charge in [-0.2, -0.15) is 0 Å². The largest absolute Gasteiger partial charge is 0.367 e. The van der Waals surface area contributed by atoms with Crippen molar-refractivity contribution in [2.75, 3.05) is 61.4 Å². The van der Waals surface area contributed by atoms with Crippen LogP contribution in [-0.4, -0.2) is 89.2 Å². The Morgan fingerprint density at radius 2 is 1.71 bits per heavy atom. The van der Waals surface area contributed by atoms with Gasteiger partial charge in [0.2, 0.25) is 11.8 Å². The molecule has 206 valence electrons. The van der Waals surface area contributed by atoms with E-state index in [4.69, 9.17) is 28.2 Å². The van der Waals surface area contributed by atoms with Gasteiger partial charge in [0, 0.05) is 64.3 Å². The van der Waals surface area contributed by atoms with Crippen LogP contribution in [0.1, 0.15) is 39.5 Å². The van der Waals surface area contributed by atoms with Gasteiger partial charge in [0.05, 0.1) is 16.5 Å². The van der Waals surface area contributed by atoms with Gasteiger partial charge in [-0.05, 0) is 25.5 Å². The Balaban J connectivity index is 1.28. The number of hydrogen-bond donors (Lipinski definition) is 0. The smallest absolute Gasteiger partial charge is 0.233 e. The highest BCUT2D eigenvalue weighted by atomic mass is 35.5. The monoisotopic (exact) mass is 578 g/mol. The summed E-state index contributed by atoms with van der Waals surface area (Å²) in [6.07, 6.45) is 3.75. The summed E-state index contributed by atoms with van der Waals surface area (Å²) < 4.78 is 0. The van der Waals surface area contributed by atoms with Crippen molar-refractivity contribution in [2.45, 2.75) is 50.7 Å². The van der Waals surface area contributed by atoms with Crippen LogP contribution in [-0.2, 0) is 9.59 Å². The maximum Gasteiger partial charge on any atom is 0.233 e. The molecule has 0 N–H and O–H groups in total. The molecule has 2 aliphatic rings. The molecule has 8 nitrogen and oxygen atoms in total. The molecular weight excluding hydrogens is 543 g/mol. The van der Waals surface area contributed by atoms with Crippen molar-refractivity contribution < 1.29 is 9.59 Å². The molecule has 2 aliphatic heterocycles. The topological polar surface area (TPSA) is 72.9 Å². The first-order valence-electron chi connectivity index (χ1n) is 13.3. The minimum atomic E-state index is 0.0581. The number of thioether (sulfide) groups is 1. The molecule has 2 aromatic rings. The number of carbonyl (C=O) groups excluding carboxylic acids is 2. The van der Waals surface area contributed by atoms with Crippen molar-refractivity contribution in [1.82, 2.24) is 19.8 Å². The number of benzene rings is 1. The summed E-state index contributed by atoms with van der Waals surface area (Å²) in [6.45, 7) is 9.03. The number of anilines is 2. The zero-order valence-electron chi connectivity index (χ0n) is 22.1. The molecule has 2 amide bonds. The standard InChI is InChI=1S/C27H36Cl2N6O2S/c1-3-4-5-10-25(36)35-16-15-34(18-20(35)2)24-17-23(29)30-27(31-24)38-19-26(37)33-13-11-32(12-14-33)22-9-7-6-8-21(22)28/h6-9,17,20H,3-5,10-16,18-19H2,1-2H3. The predicted molar refractivity (Wildman–Crippen MR) is 156 cm³/mol. The number of amides is 2. The van der Waals surface area contributed by atoms with Gasteiger partial charge in [0.25, 0.3) is 0 Å². The molecule has 2 saturated heterocycles. The SMILES string of the molecule is CCCCCC(=O)N1CCN(c2cc(Cl)nc(SCC(=O)N3CCN(c4ccccc4Cl)CC3)n2)CC1C. The van der Waals surface area contributed by atoms with Crippen LogP contribution >= 0.6 is 35.0 Å². The molecule has 1 unspecified atom stereocenters. The molecular formula is C27H36Cl2N6O2S. The van der Waals surface area contributed by atoms with Crippen molar-refractivity contribution in [3.05, 3.63) is 40.5 Å². The third-order valence-corrected chi connectivity index (χ3v) is 8.42. The van der Waals surface area contributed by atoms with E-state index in [9.17, 15) is 9.59 Å². The average Bonchev–Trinajstić information content (AvgIpc) is 2.92. The molecule has 2 fully saturated rings. The molecule has 11 heteroatoms. The fourth-order valence-corrected chi connectivity index (χ4v) is 6.18. The minimum absolute atomic E-state index is 0.0581. The van der Waals surface area contributed by atoms with E-state index in [0.29, 0.717) is 49.5 Å². The van der Waals surface area contributed by atoms with Crippen molar-refractivity contribution in [3.63, 3.8) is 0 Å².